The number of nitrogens with zero attached hydrogens (tertiary/aromatic N) is 1. The maximum Gasteiger partial charge on any atom is 0.256 e. The van der Waals surface area contributed by atoms with Crippen molar-refractivity contribution in [2.24, 2.45) is 0 Å². The summed E-state index contributed by atoms with van der Waals surface area (Å²) in [5.74, 6) is 0.624. The zero-order chi connectivity index (χ0) is 22.5. The number of fused-ring (bicyclic) bond motifs is 1. The van der Waals surface area contributed by atoms with Crippen LogP contribution < -0.4 is 15.4 Å². The van der Waals surface area contributed by atoms with Crippen LogP contribution in [0.5, 0.6) is 5.75 Å². The fourth-order valence-electron chi connectivity index (χ4n) is 4.22. The first-order valence-corrected chi connectivity index (χ1v) is 11.3. The molecule has 7 heteroatoms. The van der Waals surface area contributed by atoms with Crippen LogP contribution in [0.4, 0.5) is 11.4 Å². The summed E-state index contributed by atoms with van der Waals surface area (Å²) >= 11 is 0. The van der Waals surface area contributed by atoms with E-state index in [1.54, 1.807) is 6.07 Å². The van der Waals surface area contributed by atoms with Gasteiger partial charge in [0.15, 0.2) is 0 Å². The van der Waals surface area contributed by atoms with E-state index in [0.717, 1.165) is 48.5 Å². The predicted octanol–water partition coefficient (Wildman–Crippen LogP) is 3.91. The minimum atomic E-state index is -0.136. The number of anilines is 2. The Morgan fingerprint density at radius 3 is 2.75 bits per heavy atom. The van der Waals surface area contributed by atoms with Gasteiger partial charge in [-0.1, -0.05) is 12.1 Å². The number of amides is 3. The summed E-state index contributed by atoms with van der Waals surface area (Å²) in [4.78, 5) is 38.8. The number of hydrogen-bond acceptors (Lipinski definition) is 4. The van der Waals surface area contributed by atoms with Gasteiger partial charge in [0.25, 0.3) is 5.91 Å². The molecule has 7 nitrogen and oxygen atoms in total. The quantitative estimate of drug-likeness (QED) is 0.646. The average Bonchev–Trinajstić information content (AvgIpc) is 3.31. The molecule has 0 unspecified atom stereocenters. The van der Waals surface area contributed by atoms with E-state index in [-0.39, 0.29) is 17.7 Å². The molecule has 0 spiro atoms. The molecule has 1 saturated heterocycles. The Morgan fingerprint density at radius 2 is 1.94 bits per heavy atom. The van der Waals surface area contributed by atoms with Crippen molar-refractivity contribution in [2.75, 3.05) is 30.3 Å². The van der Waals surface area contributed by atoms with Gasteiger partial charge in [-0.3, -0.25) is 14.4 Å². The molecule has 0 saturated carbocycles. The van der Waals surface area contributed by atoms with Crippen molar-refractivity contribution >= 4 is 29.1 Å². The molecule has 0 atom stereocenters. The molecule has 4 rings (SSSR count). The van der Waals surface area contributed by atoms with E-state index >= 15 is 0 Å². The zero-order valence-corrected chi connectivity index (χ0v) is 18.4. The Bertz CT molecular complexity index is 1030. The van der Waals surface area contributed by atoms with Gasteiger partial charge in [0.1, 0.15) is 5.75 Å². The molecule has 0 radical (unpaired) electrons. The molecule has 1 fully saturated rings. The SMILES string of the molecule is Cc1cccc(NC(=O)CCCOc2ccc3c(c2)CCC(=O)N3)c1C(=O)N1CCCC1. The van der Waals surface area contributed by atoms with E-state index in [2.05, 4.69) is 10.6 Å². The summed E-state index contributed by atoms with van der Waals surface area (Å²) in [6.07, 6.45) is 4.09. The van der Waals surface area contributed by atoms with Gasteiger partial charge < -0.3 is 20.3 Å². The van der Waals surface area contributed by atoms with Crippen molar-refractivity contribution < 1.29 is 19.1 Å². The van der Waals surface area contributed by atoms with Crippen LogP contribution in [0.15, 0.2) is 36.4 Å². The Morgan fingerprint density at radius 1 is 1.12 bits per heavy atom. The first kappa shape index (κ1) is 21.9. The molecule has 2 aromatic rings. The summed E-state index contributed by atoms with van der Waals surface area (Å²) in [6, 6.07) is 11.2. The lowest BCUT2D eigenvalue weighted by Crippen LogP contribution is -2.29. The number of carbonyl (C=O) groups excluding carboxylic acids is 3. The van der Waals surface area contributed by atoms with Gasteiger partial charge in [-0.25, -0.2) is 0 Å². The summed E-state index contributed by atoms with van der Waals surface area (Å²) in [5.41, 5.74) is 3.93. The van der Waals surface area contributed by atoms with Crippen molar-refractivity contribution in [2.45, 2.75) is 45.4 Å². The zero-order valence-electron chi connectivity index (χ0n) is 18.4. The molecule has 2 N–H and O–H groups in total. The van der Waals surface area contributed by atoms with E-state index in [0.29, 0.717) is 43.5 Å². The summed E-state index contributed by atoms with van der Waals surface area (Å²) in [5, 5.41) is 5.77. The number of ether oxygens (including phenoxy) is 1. The number of likely N-dealkylation sites (tertiary alicyclic amines) is 1. The van der Waals surface area contributed by atoms with Crippen molar-refractivity contribution in [1.29, 1.82) is 0 Å². The van der Waals surface area contributed by atoms with Crippen molar-refractivity contribution in [1.82, 2.24) is 4.90 Å². The number of benzene rings is 2. The predicted molar refractivity (Wildman–Crippen MR) is 123 cm³/mol. The lowest BCUT2D eigenvalue weighted by atomic mass is 10.0. The van der Waals surface area contributed by atoms with Crippen molar-refractivity contribution in [3.8, 4) is 5.75 Å². The van der Waals surface area contributed by atoms with E-state index < -0.39 is 0 Å². The first-order chi connectivity index (χ1) is 15.5. The van der Waals surface area contributed by atoms with Gasteiger partial charge in [-0.2, -0.15) is 0 Å². The molecule has 2 aliphatic rings. The molecule has 0 bridgehead atoms. The molecular formula is C25H29N3O4. The lowest BCUT2D eigenvalue weighted by Gasteiger charge is -2.20. The Labute approximate surface area is 188 Å². The van der Waals surface area contributed by atoms with Crippen LogP contribution in [0, 0.1) is 6.92 Å². The second-order valence-corrected chi connectivity index (χ2v) is 8.36. The second-order valence-electron chi connectivity index (χ2n) is 8.36. The van der Waals surface area contributed by atoms with Crippen LogP contribution in [-0.2, 0) is 16.0 Å². The van der Waals surface area contributed by atoms with Crippen LogP contribution in [0.2, 0.25) is 0 Å². The topological polar surface area (TPSA) is 87.7 Å². The fraction of sp³-hybridized carbons (Fsp3) is 0.400. The highest BCUT2D eigenvalue weighted by Crippen LogP contribution is 2.27. The number of aryl methyl sites for hydroxylation is 2. The molecule has 3 amide bonds. The maximum atomic E-state index is 12.9. The summed E-state index contributed by atoms with van der Waals surface area (Å²) in [7, 11) is 0. The fourth-order valence-corrected chi connectivity index (χ4v) is 4.22. The third kappa shape index (κ3) is 5.10. The highest BCUT2D eigenvalue weighted by atomic mass is 16.5. The molecule has 168 valence electrons. The standard InChI is InChI=1S/C25H29N3O4/c1-17-6-4-7-21(24(17)25(31)28-13-2-3-14-28)27-22(29)8-5-15-32-19-10-11-20-18(16-19)9-12-23(30)26-20/h4,6-7,10-11,16H,2-3,5,8-9,12-15H2,1H3,(H,26,30)(H,27,29). The lowest BCUT2D eigenvalue weighted by molar-refractivity contribution is -0.117. The Kier molecular flexibility index (Phi) is 6.73. The van der Waals surface area contributed by atoms with Crippen molar-refractivity contribution in [3.63, 3.8) is 0 Å². The van der Waals surface area contributed by atoms with Gasteiger partial charge >= 0.3 is 0 Å². The smallest absolute Gasteiger partial charge is 0.256 e. The highest BCUT2D eigenvalue weighted by Gasteiger charge is 2.24. The molecule has 2 heterocycles. The number of carbonyl (C=O) groups is 3. The second kappa shape index (κ2) is 9.85. The maximum absolute atomic E-state index is 12.9. The number of hydrogen-bond donors (Lipinski definition) is 2. The number of rotatable bonds is 7. The van der Waals surface area contributed by atoms with Crippen LogP contribution in [0.3, 0.4) is 0 Å². The van der Waals surface area contributed by atoms with Crippen LogP contribution >= 0.6 is 0 Å². The van der Waals surface area contributed by atoms with Gasteiger partial charge in [-0.05, 0) is 68.0 Å². The molecule has 2 aliphatic heterocycles. The number of nitrogens with one attached hydrogen (secondary N) is 2. The average molecular weight is 436 g/mol. The third-order valence-electron chi connectivity index (χ3n) is 5.94. The molecule has 0 aliphatic carbocycles. The van der Waals surface area contributed by atoms with Crippen LogP contribution in [-0.4, -0.2) is 42.3 Å². The van der Waals surface area contributed by atoms with Crippen molar-refractivity contribution in [3.05, 3.63) is 53.1 Å². The minimum absolute atomic E-state index is 0.0113. The Balaban J connectivity index is 1.29. The third-order valence-corrected chi connectivity index (χ3v) is 5.94. The van der Waals surface area contributed by atoms with E-state index in [4.69, 9.17) is 4.74 Å². The highest BCUT2D eigenvalue weighted by molar-refractivity contribution is 6.05. The largest absolute Gasteiger partial charge is 0.494 e. The van der Waals surface area contributed by atoms with E-state index in [1.807, 2.05) is 42.2 Å². The van der Waals surface area contributed by atoms with Gasteiger partial charge in [0.05, 0.1) is 17.9 Å². The minimum Gasteiger partial charge on any atom is -0.494 e. The molecule has 32 heavy (non-hydrogen) atoms. The van der Waals surface area contributed by atoms with E-state index in [9.17, 15) is 14.4 Å². The Hall–Kier alpha value is -3.35. The molecule has 2 aromatic carbocycles. The normalized spacial score (nSPS) is 15.2. The van der Waals surface area contributed by atoms with Gasteiger partial charge in [0.2, 0.25) is 11.8 Å². The summed E-state index contributed by atoms with van der Waals surface area (Å²) < 4.78 is 5.79. The van der Waals surface area contributed by atoms with Gasteiger partial charge in [0, 0.05) is 31.6 Å². The van der Waals surface area contributed by atoms with Crippen LogP contribution in [0.25, 0.3) is 0 Å². The van der Waals surface area contributed by atoms with E-state index in [1.165, 1.54) is 0 Å². The first-order valence-electron chi connectivity index (χ1n) is 11.3. The van der Waals surface area contributed by atoms with Crippen LogP contribution in [0.1, 0.15) is 53.6 Å². The molecular weight excluding hydrogens is 406 g/mol. The molecule has 0 aromatic heterocycles. The van der Waals surface area contributed by atoms with Gasteiger partial charge in [-0.15, -0.1) is 0 Å². The summed E-state index contributed by atoms with van der Waals surface area (Å²) in [6.45, 7) is 3.85. The monoisotopic (exact) mass is 435 g/mol.